The Morgan fingerprint density at radius 1 is 1.09 bits per heavy atom. The number of alkyl halides is 2. The van der Waals surface area contributed by atoms with Crippen LogP contribution in [-0.4, -0.2) is 49.6 Å². The molecular weight excluding hydrogens is 661 g/mol. The summed E-state index contributed by atoms with van der Waals surface area (Å²) in [4.78, 5) is 13.6. The molecule has 1 saturated heterocycles. The summed E-state index contributed by atoms with van der Waals surface area (Å²) in [7, 11) is -3.89. The summed E-state index contributed by atoms with van der Waals surface area (Å²) in [5, 5.41) is 10.7. The molecule has 2 fully saturated rings. The summed E-state index contributed by atoms with van der Waals surface area (Å²) < 4.78 is 70.9. The summed E-state index contributed by atoms with van der Waals surface area (Å²) in [6.07, 6.45) is 2.86. The van der Waals surface area contributed by atoms with E-state index < -0.39 is 34.1 Å². The quantitative estimate of drug-likeness (QED) is 0.127. The fraction of sp³-hybridized carbons (Fsp3) is 0.379. The van der Waals surface area contributed by atoms with Crippen molar-refractivity contribution in [3.63, 3.8) is 0 Å². The van der Waals surface area contributed by atoms with Crippen LogP contribution in [0.1, 0.15) is 35.6 Å². The number of halogens is 4. The van der Waals surface area contributed by atoms with Gasteiger partial charge in [0.2, 0.25) is 10.0 Å². The predicted molar refractivity (Wildman–Crippen MR) is 161 cm³/mol. The molecule has 1 aromatic heterocycles. The van der Waals surface area contributed by atoms with Crippen LogP contribution in [0.3, 0.4) is 0 Å². The minimum atomic E-state index is -3.89. The van der Waals surface area contributed by atoms with Crippen molar-refractivity contribution in [2.75, 3.05) is 18.9 Å². The average Bonchev–Trinajstić information content (AvgIpc) is 3.65. The zero-order valence-corrected chi connectivity index (χ0v) is 26.3. The summed E-state index contributed by atoms with van der Waals surface area (Å²) in [6.45, 7) is -2.69. The van der Waals surface area contributed by atoms with Crippen molar-refractivity contribution in [3.05, 3.63) is 92.9 Å². The van der Waals surface area contributed by atoms with E-state index in [1.165, 1.54) is 18.2 Å². The van der Waals surface area contributed by atoms with E-state index in [9.17, 15) is 27.2 Å². The van der Waals surface area contributed by atoms with Crippen LogP contribution in [0.25, 0.3) is 0 Å². The lowest BCUT2D eigenvalue weighted by Crippen LogP contribution is -2.41. The molecule has 2 aromatic carbocycles. The lowest BCUT2D eigenvalue weighted by molar-refractivity contribution is -0.605. The number of ether oxygens (including phenoxy) is 3. The van der Waals surface area contributed by atoms with Crippen LogP contribution in [0.15, 0.2) is 60.9 Å². The Hall–Kier alpha value is -2.84. The topological polar surface area (TPSA) is 109 Å². The van der Waals surface area contributed by atoms with Crippen molar-refractivity contribution in [2.45, 2.75) is 43.1 Å². The SMILES string of the molecule is O=C(OC(Cc1c(Cl)c[n+]([O-])cc1Cl)c1ccc(OC(F)F)c(OCC2CC2)c1)[C@@H]1SCCN1S(=O)(=O)Cc1ccccc1. The van der Waals surface area contributed by atoms with Crippen molar-refractivity contribution >= 4 is 51.0 Å². The van der Waals surface area contributed by atoms with Crippen LogP contribution in [0, 0.1) is 11.1 Å². The summed E-state index contributed by atoms with van der Waals surface area (Å²) >= 11 is 13.8. The third kappa shape index (κ3) is 8.25. The van der Waals surface area contributed by atoms with Crippen LogP contribution < -0.4 is 14.2 Å². The fourth-order valence-corrected chi connectivity index (χ4v) is 8.46. The first-order chi connectivity index (χ1) is 21.0. The van der Waals surface area contributed by atoms with E-state index >= 15 is 0 Å². The predicted octanol–water partition coefficient (Wildman–Crippen LogP) is 5.75. The van der Waals surface area contributed by atoms with Gasteiger partial charge in [-0.25, -0.2) is 13.2 Å². The van der Waals surface area contributed by atoms with E-state index in [1.807, 2.05) is 0 Å². The van der Waals surface area contributed by atoms with E-state index in [4.69, 9.17) is 32.7 Å². The third-order valence-corrected chi connectivity index (χ3v) is 10.8. The van der Waals surface area contributed by atoms with Gasteiger partial charge in [-0.05, 0) is 42.0 Å². The number of esters is 1. The lowest BCUT2D eigenvalue weighted by Gasteiger charge is -2.26. The fourth-order valence-electron chi connectivity index (χ4n) is 4.65. The molecule has 2 atom stereocenters. The van der Waals surface area contributed by atoms with Gasteiger partial charge in [-0.3, -0.25) is 0 Å². The molecule has 1 aliphatic carbocycles. The maximum Gasteiger partial charge on any atom is 0.387 e. The first-order valence-corrected chi connectivity index (χ1v) is 17.1. The molecule has 0 spiro atoms. The maximum absolute atomic E-state index is 13.6. The van der Waals surface area contributed by atoms with E-state index in [0.717, 1.165) is 41.3 Å². The number of benzene rings is 2. The van der Waals surface area contributed by atoms with Gasteiger partial charge < -0.3 is 19.4 Å². The monoisotopic (exact) mass is 688 g/mol. The smallest absolute Gasteiger partial charge is 0.387 e. The molecule has 0 bridgehead atoms. The summed E-state index contributed by atoms with van der Waals surface area (Å²) in [5.74, 6) is -0.612. The number of thioether (sulfide) groups is 1. The Bertz CT molecular complexity index is 1570. The molecule has 1 aliphatic heterocycles. The Morgan fingerprint density at radius 2 is 1.80 bits per heavy atom. The molecule has 5 rings (SSSR count). The second kappa shape index (κ2) is 14.1. The van der Waals surface area contributed by atoms with E-state index in [-0.39, 0.29) is 40.3 Å². The Labute approximate surface area is 267 Å². The van der Waals surface area contributed by atoms with Crippen molar-refractivity contribution in [2.24, 2.45) is 5.92 Å². The van der Waals surface area contributed by atoms with Gasteiger partial charge in [-0.15, -0.1) is 11.8 Å². The molecule has 236 valence electrons. The number of hydrogen-bond acceptors (Lipinski definition) is 8. The maximum atomic E-state index is 13.6. The van der Waals surface area contributed by atoms with E-state index in [1.54, 1.807) is 30.3 Å². The second-order valence-electron chi connectivity index (χ2n) is 10.3. The van der Waals surface area contributed by atoms with Crippen molar-refractivity contribution in [1.82, 2.24) is 4.31 Å². The first-order valence-electron chi connectivity index (χ1n) is 13.6. The molecule has 1 saturated carbocycles. The normalized spacial score (nSPS) is 17.9. The minimum Gasteiger partial charge on any atom is -0.619 e. The van der Waals surface area contributed by atoms with E-state index in [2.05, 4.69) is 4.74 Å². The molecular formula is C29H28Cl2F2N2O7S2. The highest BCUT2D eigenvalue weighted by Gasteiger charge is 2.41. The Morgan fingerprint density at radius 3 is 2.45 bits per heavy atom. The van der Waals surface area contributed by atoms with Gasteiger partial charge in [-0.1, -0.05) is 59.6 Å². The van der Waals surface area contributed by atoms with E-state index in [0.29, 0.717) is 39.7 Å². The molecule has 44 heavy (non-hydrogen) atoms. The average molecular weight is 690 g/mol. The van der Waals surface area contributed by atoms with Gasteiger partial charge in [0.25, 0.3) is 0 Å². The Kier molecular flexibility index (Phi) is 10.4. The number of aromatic nitrogens is 1. The molecule has 3 aromatic rings. The van der Waals surface area contributed by atoms with Crippen LogP contribution >= 0.6 is 35.0 Å². The molecule has 1 unspecified atom stereocenters. The molecule has 0 amide bonds. The highest BCUT2D eigenvalue weighted by molar-refractivity contribution is 8.01. The van der Waals surface area contributed by atoms with Gasteiger partial charge in [0.15, 0.2) is 29.3 Å². The van der Waals surface area contributed by atoms with Crippen molar-refractivity contribution in [1.29, 1.82) is 0 Å². The highest BCUT2D eigenvalue weighted by Crippen LogP contribution is 2.39. The molecule has 2 heterocycles. The molecule has 2 aliphatic rings. The van der Waals surface area contributed by atoms with Crippen LogP contribution in [0.2, 0.25) is 10.0 Å². The number of pyridine rings is 1. The summed E-state index contributed by atoms with van der Waals surface area (Å²) in [6, 6.07) is 12.8. The largest absolute Gasteiger partial charge is 0.619 e. The third-order valence-electron chi connectivity index (χ3n) is 7.03. The number of carbonyl (C=O) groups excluding carboxylic acids is 1. The zero-order valence-electron chi connectivity index (χ0n) is 23.1. The molecule has 9 nitrogen and oxygen atoms in total. The van der Waals surface area contributed by atoms with Crippen LogP contribution in [0.5, 0.6) is 11.5 Å². The molecule has 0 N–H and O–H groups in total. The van der Waals surface area contributed by atoms with Gasteiger partial charge in [0.1, 0.15) is 16.1 Å². The second-order valence-corrected chi connectivity index (χ2v) is 14.3. The lowest BCUT2D eigenvalue weighted by atomic mass is 10.0. The number of hydrogen-bond donors (Lipinski definition) is 0. The standard InChI is InChI=1S/C29H28Cl2F2N2O7S2/c30-22-14-34(37)15-23(31)21(22)13-25(20-8-9-24(42-29(32)33)26(12-20)40-16-18-6-7-18)41-28(36)27-35(10-11-43-27)44(38,39)17-19-4-2-1-3-5-19/h1-5,8-9,12,14-15,18,25,27,29H,6-7,10-11,13,16-17H2/t25?,27-/m0/s1. The van der Waals surface area contributed by atoms with Crippen LogP contribution in [-0.2, 0) is 31.7 Å². The van der Waals surface area contributed by atoms with Crippen molar-refractivity contribution < 1.29 is 40.9 Å². The Balaban J connectivity index is 1.44. The van der Waals surface area contributed by atoms with Gasteiger partial charge in [-0.2, -0.15) is 17.8 Å². The summed E-state index contributed by atoms with van der Waals surface area (Å²) in [5.41, 5.74) is 1.20. The van der Waals surface area contributed by atoms with Crippen molar-refractivity contribution in [3.8, 4) is 11.5 Å². The number of rotatable bonds is 13. The molecule has 15 heteroatoms. The van der Waals surface area contributed by atoms with Gasteiger partial charge in [0.05, 0.1) is 12.4 Å². The number of nitrogens with zero attached hydrogens (tertiary/aromatic N) is 2. The molecule has 0 radical (unpaired) electrons. The zero-order chi connectivity index (χ0) is 31.4. The minimum absolute atomic E-state index is 0.0127. The number of sulfonamides is 1. The number of carbonyl (C=O) groups is 1. The van der Waals surface area contributed by atoms with Crippen LogP contribution in [0.4, 0.5) is 8.78 Å². The highest BCUT2D eigenvalue weighted by atomic mass is 35.5. The van der Waals surface area contributed by atoms with Gasteiger partial charge >= 0.3 is 12.6 Å². The van der Waals surface area contributed by atoms with Gasteiger partial charge in [0, 0.05) is 24.3 Å². The first kappa shape index (κ1) is 32.6.